The minimum absolute atomic E-state index is 0.136. The Balaban J connectivity index is 1.78. The fourth-order valence-corrected chi connectivity index (χ4v) is 3.78. The molecule has 2 heterocycles. The summed E-state index contributed by atoms with van der Waals surface area (Å²) < 4.78 is 27.1. The number of anilines is 1. The number of rotatable bonds is 5. The summed E-state index contributed by atoms with van der Waals surface area (Å²) in [6.07, 6.45) is -0.136. The lowest BCUT2D eigenvalue weighted by Gasteiger charge is -2.32. The third-order valence-electron chi connectivity index (χ3n) is 5.52. The van der Waals surface area contributed by atoms with Gasteiger partial charge < -0.3 is 28.3 Å². The molecule has 0 saturated carbocycles. The molecule has 0 aliphatic carbocycles. The van der Waals surface area contributed by atoms with Crippen LogP contribution in [-0.2, 0) is 22.5 Å². The lowest BCUT2D eigenvalue weighted by atomic mass is 10.00. The summed E-state index contributed by atoms with van der Waals surface area (Å²) >= 11 is 0. The standard InChI is InChI=1S/C23H23NO7/c1-13-15-6-8-19-17(22(15)31-23(26)16(13)10-21(25)29-4)11-24(12-30-19)18-7-5-14(27-2)9-20(18)28-3/h5-9H,10-12H2,1-4H3. The van der Waals surface area contributed by atoms with E-state index in [1.165, 1.54) is 7.11 Å². The molecule has 3 aromatic rings. The van der Waals surface area contributed by atoms with E-state index < -0.39 is 11.6 Å². The van der Waals surface area contributed by atoms with Crippen LogP contribution in [0.1, 0.15) is 16.7 Å². The second-order valence-corrected chi connectivity index (χ2v) is 7.17. The van der Waals surface area contributed by atoms with Crippen LogP contribution in [0.15, 0.2) is 39.5 Å². The van der Waals surface area contributed by atoms with Gasteiger partial charge in [0.25, 0.3) is 0 Å². The molecule has 0 radical (unpaired) electrons. The third-order valence-corrected chi connectivity index (χ3v) is 5.52. The SMILES string of the molecule is COC(=O)Cc1c(C)c2ccc3c(c2oc1=O)CN(c1ccc(OC)cc1OC)CO3. The molecule has 1 aromatic heterocycles. The van der Waals surface area contributed by atoms with E-state index in [2.05, 4.69) is 0 Å². The molecule has 4 rings (SSSR count). The van der Waals surface area contributed by atoms with E-state index in [0.717, 1.165) is 16.6 Å². The van der Waals surface area contributed by atoms with E-state index in [9.17, 15) is 9.59 Å². The smallest absolute Gasteiger partial charge is 0.340 e. The highest BCUT2D eigenvalue weighted by molar-refractivity contribution is 5.87. The monoisotopic (exact) mass is 425 g/mol. The van der Waals surface area contributed by atoms with Crippen LogP contribution in [-0.4, -0.2) is 34.0 Å². The van der Waals surface area contributed by atoms with Gasteiger partial charge in [-0.25, -0.2) is 4.79 Å². The van der Waals surface area contributed by atoms with Gasteiger partial charge in [0.2, 0.25) is 0 Å². The molecule has 1 aliphatic rings. The van der Waals surface area contributed by atoms with E-state index in [1.54, 1.807) is 27.2 Å². The van der Waals surface area contributed by atoms with Gasteiger partial charge in [0.1, 0.15) is 22.8 Å². The second kappa shape index (κ2) is 8.22. The van der Waals surface area contributed by atoms with Crippen molar-refractivity contribution in [1.82, 2.24) is 0 Å². The first-order chi connectivity index (χ1) is 15.0. The van der Waals surface area contributed by atoms with Crippen molar-refractivity contribution in [2.75, 3.05) is 33.0 Å². The molecule has 0 spiro atoms. The number of ether oxygens (including phenoxy) is 4. The molecule has 8 heteroatoms. The Kier molecular flexibility index (Phi) is 5.46. The summed E-state index contributed by atoms with van der Waals surface area (Å²) in [6.45, 7) is 2.57. The van der Waals surface area contributed by atoms with Crippen LogP contribution in [0.4, 0.5) is 5.69 Å². The van der Waals surface area contributed by atoms with Gasteiger partial charge in [-0.2, -0.15) is 0 Å². The van der Waals surface area contributed by atoms with Crippen molar-refractivity contribution in [3.63, 3.8) is 0 Å². The van der Waals surface area contributed by atoms with Crippen molar-refractivity contribution >= 4 is 22.6 Å². The predicted molar refractivity (Wildman–Crippen MR) is 114 cm³/mol. The van der Waals surface area contributed by atoms with Gasteiger partial charge in [-0.05, 0) is 36.8 Å². The van der Waals surface area contributed by atoms with Crippen LogP contribution in [0.3, 0.4) is 0 Å². The van der Waals surface area contributed by atoms with Crippen LogP contribution >= 0.6 is 0 Å². The molecule has 2 aromatic carbocycles. The van der Waals surface area contributed by atoms with Crippen LogP contribution < -0.4 is 24.7 Å². The number of esters is 1. The second-order valence-electron chi connectivity index (χ2n) is 7.17. The molecule has 0 atom stereocenters. The predicted octanol–water partition coefficient (Wildman–Crippen LogP) is 3.19. The molecule has 0 fully saturated rings. The van der Waals surface area contributed by atoms with E-state index in [1.807, 2.05) is 29.2 Å². The molecule has 0 saturated heterocycles. The van der Waals surface area contributed by atoms with Crippen molar-refractivity contribution in [3.8, 4) is 17.2 Å². The highest BCUT2D eigenvalue weighted by Crippen LogP contribution is 2.39. The van der Waals surface area contributed by atoms with Gasteiger partial charge in [0.15, 0.2) is 6.73 Å². The lowest BCUT2D eigenvalue weighted by Crippen LogP contribution is -2.32. The minimum atomic E-state index is -0.553. The summed E-state index contributed by atoms with van der Waals surface area (Å²) in [5.41, 5.74) is 2.47. The molecule has 0 unspecified atom stereocenters. The number of methoxy groups -OCH3 is 3. The molecule has 1 aliphatic heterocycles. The largest absolute Gasteiger partial charge is 0.497 e. The van der Waals surface area contributed by atoms with Gasteiger partial charge in [-0.1, -0.05) is 0 Å². The van der Waals surface area contributed by atoms with Crippen molar-refractivity contribution in [2.24, 2.45) is 0 Å². The van der Waals surface area contributed by atoms with E-state index in [-0.39, 0.29) is 6.42 Å². The van der Waals surface area contributed by atoms with Crippen LogP contribution in [0.2, 0.25) is 0 Å². The highest BCUT2D eigenvalue weighted by atomic mass is 16.5. The summed E-state index contributed by atoms with van der Waals surface area (Å²) in [6, 6.07) is 9.25. The van der Waals surface area contributed by atoms with Crippen molar-refractivity contribution in [2.45, 2.75) is 19.9 Å². The number of hydrogen-bond acceptors (Lipinski definition) is 8. The quantitative estimate of drug-likeness (QED) is 0.455. The zero-order chi connectivity index (χ0) is 22.1. The van der Waals surface area contributed by atoms with Gasteiger partial charge in [0, 0.05) is 11.5 Å². The van der Waals surface area contributed by atoms with E-state index in [0.29, 0.717) is 47.2 Å². The molecule has 162 valence electrons. The lowest BCUT2D eigenvalue weighted by molar-refractivity contribution is -0.139. The zero-order valence-electron chi connectivity index (χ0n) is 17.8. The summed E-state index contributed by atoms with van der Waals surface area (Å²) in [5, 5.41) is 0.754. The van der Waals surface area contributed by atoms with Gasteiger partial charge in [-0.15, -0.1) is 0 Å². The summed E-state index contributed by atoms with van der Waals surface area (Å²) in [7, 11) is 4.48. The Morgan fingerprint density at radius 1 is 1.13 bits per heavy atom. The number of nitrogens with zero attached hydrogens (tertiary/aromatic N) is 1. The molecule has 0 amide bonds. The fourth-order valence-electron chi connectivity index (χ4n) is 3.78. The number of hydrogen-bond donors (Lipinski definition) is 0. The Hall–Kier alpha value is -3.68. The van der Waals surface area contributed by atoms with Gasteiger partial charge in [0.05, 0.1) is 51.1 Å². The highest BCUT2D eigenvalue weighted by Gasteiger charge is 2.25. The Morgan fingerprint density at radius 2 is 1.94 bits per heavy atom. The molecule has 31 heavy (non-hydrogen) atoms. The number of aryl methyl sites for hydroxylation is 1. The maximum absolute atomic E-state index is 12.7. The van der Waals surface area contributed by atoms with E-state index in [4.69, 9.17) is 23.4 Å². The third kappa shape index (κ3) is 3.65. The van der Waals surface area contributed by atoms with Gasteiger partial charge >= 0.3 is 11.6 Å². The maximum atomic E-state index is 12.7. The number of benzene rings is 2. The molecular formula is C23H23NO7. The Labute approximate surface area is 178 Å². The number of carbonyl (C=O) groups excluding carboxylic acids is 1. The molecular weight excluding hydrogens is 402 g/mol. The minimum Gasteiger partial charge on any atom is -0.497 e. The number of carbonyl (C=O) groups is 1. The van der Waals surface area contributed by atoms with Crippen LogP contribution in [0.25, 0.3) is 11.0 Å². The number of fused-ring (bicyclic) bond motifs is 3. The normalized spacial score (nSPS) is 12.8. The first-order valence-electron chi connectivity index (χ1n) is 9.71. The van der Waals surface area contributed by atoms with Crippen LogP contribution in [0.5, 0.6) is 17.2 Å². The maximum Gasteiger partial charge on any atom is 0.340 e. The van der Waals surface area contributed by atoms with Crippen molar-refractivity contribution in [1.29, 1.82) is 0 Å². The van der Waals surface area contributed by atoms with E-state index >= 15 is 0 Å². The van der Waals surface area contributed by atoms with Crippen molar-refractivity contribution < 1.29 is 28.2 Å². The summed E-state index contributed by atoms with van der Waals surface area (Å²) in [4.78, 5) is 26.3. The topological polar surface area (TPSA) is 87.4 Å². The Morgan fingerprint density at radius 3 is 2.65 bits per heavy atom. The fraction of sp³-hybridized carbons (Fsp3) is 0.304. The molecule has 0 N–H and O–H groups in total. The summed E-state index contributed by atoms with van der Waals surface area (Å²) in [5.74, 6) is 1.49. The average molecular weight is 425 g/mol. The zero-order valence-corrected chi connectivity index (χ0v) is 17.8. The average Bonchev–Trinajstić information content (AvgIpc) is 2.80. The first-order valence-corrected chi connectivity index (χ1v) is 9.71. The first kappa shape index (κ1) is 20.6. The van der Waals surface area contributed by atoms with Crippen LogP contribution in [0, 0.1) is 6.92 Å². The molecule has 0 bridgehead atoms. The van der Waals surface area contributed by atoms with Gasteiger partial charge in [-0.3, -0.25) is 4.79 Å². The molecule has 8 nitrogen and oxygen atoms in total. The van der Waals surface area contributed by atoms with Crippen molar-refractivity contribution in [3.05, 3.63) is 57.4 Å². The Bertz CT molecular complexity index is 1210.